The molecule has 3 amide bonds. The predicted molar refractivity (Wildman–Crippen MR) is 108 cm³/mol. The lowest BCUT2D eigenvalue weighted by Crippen LogP contribution is -2.52. The molecular formula is C21H26N4O4. The topological polar surface area (TPSA) is 104 Å². The number of anilines is 1. The van der Waals surface area contributed by atoms with E-state index >= 15 is 0 Å². The molecule has 1 fully saturated rings. The molecule has 2 heterocycles. The highest BCUT2D eigenvalue weighted by atomic mass is 16.5. The molecule has 0 saturated carbocycles. The Kier molecular flexibility index (Phi) is 6.79. The van der Waals surface area contributed by atoms with Crippen LogP contribution in [0.3, 0.4) is 0 Å². The van der Waals surface area contributed by atoms with Gasteiger partial charge in [-0.2, -0.15) is 0 Å². The highest BCUT2D eigenvalue weighted by Gasteiger charge is 2.37. The number of amides is 3. The fourth-order valence-electron chi connectivity index (χ4n) is 3.30. The molecule has 3 N–H and O–H groups in total. The number of nitrogens with zero attached hydrogens (tertiary/aromatic N) is 2. The Hall–Kier alpha value is -2.97. The Morgan fingerprint density at radius 3 is 2.69 bits per heavy atom. The first-order valence-corrected chi connectivity index (χ1v) is 9.56. The molecule has 2 aromatic rings. The van der Waals surface area contributed by atoms with Gasteiger partial charge in [0, 0.05) is 30.7 Å². The normalized spacial score (nSPS) is 19.3. The molecule has 0 bridgehead atoms. The van der Waals surface area contributed by atoms with Crippen LogP contribution in [0.1, 0.15) is 31.1 Å². The van der Waals surface area contributed by atoms with Crippen LogP contribution in [0.25, 0.3) is 0 Å². The highest BCUT2D eigenvalue weighted by Crippen LogP contribution is 2.30. The Bertz CT molecular complexity index is 826. The minimum absolute atomic E-state index is 0.0403. The lowest BCUT2D eigenvalue weighted by Gasteiger charge is -2.40. The van der Waals surface area contributed by atoms with Gasteiger partial charge in [-0.25, -0.2) is 4.79 Å². The number of carbonyl (C=O) groups is 2. The van der Waals surface area contributed by atoms with Crippen LogP contribution in [-0.4, -0.2) is 52.2 Å². The van der Waals surface area contributed by atoms with E-state index in [0.29, 0.717) is 12.2 Å². The number of aliphatic hydroxyl groups excluding tert-OH is 1. The minimum Gasteiger partial charge on any atom is -0.394 e. The van der Waals surface area contributed by atoms with Gasteiger partial charge >= 0.3 is 6.03 Å². The van der Waals surface area contributed by atoms with Crippen molar-refractivity contribution < 1.29 is 19.4 Å². The van der Waals surface area contributed by atoms with Crippen LogP contribution in [0.15, 0.2) is 48.8 Å². The molecule has 8 nitrogen and oxygen atoms in total. The lowest BCUT2D eigenvalue weighted by molar-refractivity contribution is -0.162. The molecule has 1 aromatic carbocycles. The highest BCUT2D eigenvalue weighted by molar-refractivity contribution is 5.89. The van der Waals surface area contributed by atoms with Crippen LogP contribution in [0.4, 0.5) is 10.5 Å². The lowest BCUT2D eigenvalue weighted by atomic mass is 9.98. The maximum Gasteiger partial charge on any atom is 0.319 e. The summed E-state index contributed by atoms with van der Waals surface area (Å²) in [7, 11) is 0. The summed E-state index contributed by atoms with van der Waals surface area (Å²) in [6.45, 7) is 3.84. The van der Waals surface area contributed by atoms with E-state index in [1.54, 1.807) is 29.4 Å². The summed E-state index contributed by atoms with van der Waals surface area (Å²) in [6.07, 6.45) is 2.91. The van der Waals surface area contributed by atoms with Gasteiger partial charge in [0.1, 0.15) is 12.7 Å². The zero-order chi connectivity index (χ0) is 20.8. The largest absolute Gasteiger partial charge is 0.394 e. The third-order valence-electron chi connectivity index (χ3n) is 4.64. The second-order valence-electron chi connectivity index (χ2n) is 7.24. The van der Waals surface area contributed by atoms with Crippen molar-refractivity contribution in [1.29, 1.82) is 0 Å². The molecule has 154 valence electrons. The van der Waals surface area contributed by atoms with Crippen molar-refractivity contribution in [2.24, 2.45) is 0 Å². The Balaban J connectivity index is 1.73. The van der Waals surface area contributed by atoms with Crippen molar-refractivity contribution >= 4 is 17.6 Å². The third-order valence-corrected chi connectivity index (χ3v) is 4.64. The minimum atomic E-state index is -0.514. The molecule has 29 heavy (non-hydrogen) atoms. The smallest absolute Gasteiger partial charge is 0.319 e. The van der Waals surface area contributed by atoms with Crippen LogP contribution in [-0.2, 0) is 16.1 Å². The Morgan fingerprint density at radius 2 is 2.07 bits per heavy atom. The summed E-state index contributed by atoms with van der Waals surface area (Å²) in [5, 5.41) is 15.5. The number of morpholine rings is 1. The monoisotopic (exact) mass is 398 g/mol. The van der Waals surface area contributed by atoms with Crippen LogP contribution < -0.4 is 10.6 Å². The van der Waals surface area contributed by atoms with Crippen LogP contribution >= 0.6 is 0 Å². The number of urea groups is 1. The summed E-state index contributed by atoms with van der Waals surface area (Å²) >= 11 is 0. The van der Waals surface area contributed by atoms with Crippen molar-refractivity contribution in [3.05, 3.63) is 59.9 Å². The molecular weight excluding hydrogens is 372 g/mol. The van der Waals surface area contributed by atoms with Crippen molar-refractivity contribution in [1.82, 2.24) is 15.2 Å². The molecule has 1 aliphatic heterocycles. The van der Waals surface area contributed by atoms with Gasteiger partial charge in [-0.3, -0.25) is 9.78 Å². The van der Waals surface area contributed by atoms with E-state index in [1.807, 2.05) is 38.1 Å². The molecule has 0 unspecified atom stereocenters. The standard InChI is InChI=1S/C21H26N4O4/c1-14(2)23-21(28)24-17-7-5-16(6-8-17)20-18(12-26)25(19(27)13-29-20)11-15-4-3-9-22-10-15/h3-10,14,18,20,26H,11-13H2,1-2H3,(H2,23,24,28)/t18-,20-/m1/s1. The number of nitrogens with one attached hydrogen (secondary N) is 2. The number of aromatic nitrogens is 1. The van der Waals surface area contributed by atoms with E-state index in [0.717, 1.165) is 11.1 Å². The number of hydrogen-bond donors (Lipinski definition) is 3. The first-order valence-electron chi connectivity index (χ1n) is 9.56. The van der Waals surface area contributed by atoms with E-state index in [-0.39, 0.29) is 31.2 Å². The fraction of sp³-hybridized carbons (Fsp3) is 0.381. The molecule has 8 heteroatoms. The van der Waals surface area contributed by atoms with Crippen LogP contribution in [0.2, 0.25) is 0 Å². The van der Waals surface area contributed by atoms with Gasteiger partial charge in [0.15, 0.2) is 0 Å². The zero-order valence-corrected chi connectivity index (χ0v) is 16.5. The van der Waals surface area contributed by atoms with E-state index < -0.39 is 12.1 Å². The SMILES string of the molecule is CC(C)NC(=O)Nc1ccc([C@H]2OCC(=O)N(Cc3cccnc3)[C@@H]2CO)cc1. The number of ether oxygens (including phenoxy) is 1. The quantitative estimate of drug-likeness (QED) is 0.691. The van der Waals surface area contributed by atoms with Gasteiger partial charge < -0.3 is 25.4 Å². The van der Waals surface area contributed by atoms with Gasteiger partial charge in [0.25, 0.3) is 0 Å². The maximum absolute atomic E-state index is 12.4. The van der Waals surface area contributed by atoms with Gasteiger partial charge in [0.2, 0.25) is 5.91 Å². The molecule has 0 radical (unpaired) electrons. The van der Waals surface area contributed by atoms with Crippen LogP contribution in [0.5, 0.6) is 0 Å². The number of pyridine rings is 1. The second-order valence-corrected chi connectivity index (χ2v) is 7.24. The van der Waals surface area contributed by atoms with Crippen molar-refractivity contribution in [3.8, 4) is 0 Å². The number of aliphatic hydroxyl groups is 1. The van der Waals surface area contributed by atoms with Gasteiger partial charge in [-0.05, 0) is 43.2 Å². The van der Waals surface area contributed by atoms with Gasteiger partial charge in [-0.15, -0.1) is 0 Å². The van der Waals surface area contributed by atoms with E-state index in [2.05, 4.69) is 15.6 Å². The second kappa shape index (κ2) is 9.49. The van der Waals surface area contributed by atoms with Gasteiger partial charge in [0.05, 0.1) is 12.6 Å². The summed E-state index contributed by atoms with van der Waals surface area (Å²) < 4.78 is 5.75. The molecule has 1 saturated heterocycles. The average Bonchev–Trinajstić information content (AvgIpc) is 2.70. The van der Waals surface area contributed by atoms with Crippen molar-refractivity contribution in [2.45, 2.75) is 38.6 Å². The number of hydrogen-bond acceptors (Lipinski definition) is 5. The van der Waals surface area contributed by atoms with Crippen molar-refractivity contribution in [2.75, 3.05) is 18.5 Å². The zero-order valence-electron chi connectivity index (χ0n) is 16.5. The Labute approximate surface area is 169 Å². The first-order chi connectivity index (χ1) is 14.0. The maximum atomic E-state index is 12.4. The molecule has 1 aliphatic rings. The number of carbonyl (C=O) groups excluding carboxylic acids is 2. The summed E-state index contributed by atoms with van der Waals surface area (Å²) in [6, 6.07) is 10.2. The van der Waals surface area contributed by atoms with E-state index in [9.17, 15) is 14.7 Å². The number of rotatable bonds is 6. The first kappa shape index (κ1) is 20.8. The molecule has 0 aliphatic carbocycles. The molecule has 2 atom stereocenters. The fourth-order valence-corrected chi connectivity index (χ4v) is 3.30. The summed E-state index contributed by atoms with van der Waals surface area (Å²) in [4.78, 5) is 30.0. The Morgan fingerprint density at radius 1 is 1.31 bits per heavy atom. The average molecular weight is 398 g/mol. The third kappa shape index (κ3) is 5.30. The van der Waals surface area contributed by atoms with E-state index in [4.69, 9.17) is 4.74 Å². The number of benzene rings is 1. The summed E-state index contributed by atoms with van der Waals surface area (Å²) in [5.74, 6) is -0.173. The van der Waals surface area contributed by atoms with Crippen LogP contribution in [0, 0.1) is 0 Å². The predicted octanol–water partition coefficient (Wildman–Crippen LogP) is 2.07. The van der Waals surface area contributed by atoms with E-state index in [1.165, 1.54) is 0 Å². The van der Waals surface area contributed by atoms with Gasteiger partial charge in [-0.1, -0.05) is 18.2 Å². The summed E-state index contributed by atoms with van der Waals surface area (Å²) in [5.41, 5.74) is 2.35. The molecule has 0 spiro atoms. The van der Waals surface area contributed by atoms with Crippen molar-refractivity contribution in [3.63, 3.8) is 0 Å². The molecule has 1 aromatic heterocycles. The molecule has 3 rings (SSSR count).